The van der Waals surface area contributed by atoms with E-state index in [-0.39, 0.29) is 30.1 Å². The summed E-state index contributed by atoms with van der Waals surface area (Å²) >= 11 is 2.00. The predicted molar refractivity (Wildman–Crippen MR) is 129 cm³/mol. The molecule has 170 valence electrons. The maximum absolute atomic E-state index is 14.4. The lowest BCUT2D eigenvalue weighted by Gasteiger charge is -2.19. The first-order valence-corrected chi connectivity index (χ1v) is 11.3. The van der Waals surface area contributed by atoms with Gasteiger partial charge in [0.2, 0.25) is 0 Å². The van der Waals surface area contributed by atoms with Gasteiger partial charge in [-0.05, 0) is 90.4 Å². The van der Waals surface area contributed by atoms with Crippen molar-refractivity contribution in [1.82, 2.24) is 0 Å². The SMILES string of the molecule is CC(C)(C)OC(=O)Cc1cccc(Oc2cc(F)cc(Cc3ccc(I)cc3F)c2C#N)c1. The summed E-state index contributed by atoms with van der Waals surface area (Å²) in [5, 5.41) is 9.73. The van der Waals surface area contributed by atoms with Gasteiger partial charge in [-0.15, -0.1) is 0 Å². The van der Waals surface area contributed by atoms with E-state index in [0.717, 1.165) is 9.64 Å². The average molecular weight is 561 g/mol. The zero-order valence-electron chi connectivity index (χ0n) is 18.4. The zero-order chi connectivity index (χ0) is 24.2. The number of benzene rings is 3. The van der Waals surface area contributed by atoms with E-state index in [1.54, 1.807) is 57.2 Å². The zero-order valence-corrected chi connectivity index (χ0v) is 20.6. The van der Waals surface area contributed by atoms with Crippen molar-refractivity contribution in [2.45, 2.75) is 39.2 Å². The van der Waals surface area contributed by atoms with Gasteiger partial charge in [-0.25, -0.2) is 8.78 Å². The molecule has 4 nitrogen and oxygen atoms in total. The molecule has 7 heteroatoms. The molecule has 0 spiro atoms. The number of nitrogens with zero attached hydrogens (tertiary/aromatic N) is 1. The first-order chi connectivity index (χ1) is 15.5. The highest BCUT2D eigenvalue weighted by Crippen LogP contribution is 2.31. The summed E-state index contributed by atoms with van der Waals surface area (Å²) in [6.45, 7) is 5.37. The summed E-state index contributed by atoms with van der Waals surface area (Å²) in [5.74, 6) is -1.05. The second-order valence-electron chi connectivity index (χ2n) is 8.48. The Hall–Kier alpha value is -2.99. The van der Waals surface area contributed by atoms with Gasteiger partial charge < -0.3 is 9.47 Å². The minimum Gasteiger partial charge on any atom is -0.460 e. The van der Waals surface area contributed by atoms with Gasteiger partial charge in [-0.2, -0.15) is 5.26 Å². The lowest BCUT2D eigenvalue weighted by Crippen LogP contribution is -2.24. The molecule has 0 saturated carbocycles. The number of nitriles is 1. The largest absolute Gasteiger partial charge is 0.460 e. The first-order valence-electron chi connectivity index (χ1n) is 10.2. The Kier molecular flexibility index (Phi) is 7.69. The standard InChI is InChI=1S/C26H22F2INO3/c1-26(2,3)33-25(31)10-16-5-4-6-21(9-16)32-24-13-19(27)12-18(22(24)15-30)11-17-7-8-20(29)14-23(17)28/h4-9,12-14H,10-11H2,1-3H3. The van der Waals surface area contributed by atoms with E-state index in [2.05, 4.69) is 0 Å². The highest BCUT2D eigenvalue weighted by atomic mass is 127. The second kappa shape index (κ2) is 10.3. The molecule has 0 fully saturated rings. The van der Waals surface area contributed by atoms with Crippen molar-refractivity contribution < 1.29 is 23.0 Å². The van der Waals surface area contributed by atoms with Crippen molar-refractivity contribution in [1.29, 1.82) is 5.26 Å². The lowest BCUT2D eigenvalue weighted by atomic mass is 9.99. The Labute approximate surface area is 205 Å². The van der Waals surface area contributed by atoms with E-state index in [9.17, 15) is 18.8 Å². The molecular weight excluding hydrogens is 539 g/mol. The van der Waals surface area contributed by atoms with Crippen LogP contribution in [0, 0.1) is 26.5 Å². The van der Waals surface area contributed by atoms with E-state index >= 15 is 0 Å². The molecule has 3 rings (SSSR count). The van der Waals surface area contributed by atoms with E-state index in [1.165, 1.54) is 12.1 Å². The second-order valence-corrected chi connectivity index (χ2v) is 9.72. The summed E-state index contributed by atoms with van der Waals surface area (Å²) in [7, 11) is 0. The molecule has 3 aromatic carbocycles. The third kappa shape index (κ3) is 6.99. The van der Waals surface area contributed by atoms with Crippen LogP contribution in [0.25, 0.3) is 0 Å². The van der Waals surface area contributed by atoms with Gasteiger partial charge >= 0.3 is 5.97 Å². The molecule has 0 N–H and O–H groups in total. The Morgan fingerprint density at radius 3 is 2.48 bits per heavy atom. The van der Waals surface area contributed by atoms with E-state index < -0.39 is 17.2 Å². The molecular formula is C26H22F2INO3. The van der Waals surface area contributed by atoms with Gasteiger partial charge in [0.25, 0.3) is 0 Å². The van der Waals surface area contributed by atoms with Gasteiger partial charge in [-0.1, -0.05) is 18.2 Å². The number of esters is 1. The van der Waals surface area contributed by atoms with E-state index in [4.69, 9.17) is 9.47 Å². The van der Waals surface area contributed by atoms with Gasteiger partial charge in [0.05, 0.1) is 12.0 Å². The molecule has 0 bridgehead atoms. The molecule has 3 aromatic rings. The third-order valence-electron chi connectivity index (χ3n) is 4.55. The van der Waals surface area contributed by atoms with Gasteiger partial charge in [0, 0.05) is 16.1 Å². The highest BCUT2D eigenvalue weighted by molar-refractivity contribution is 14.1. The van der Waals surface area contributed by atoms with Gasteiger partial charge in [-0.3, -0.25) is 4.79 Å². The Morgan fingerprint density at radius 1 is 1.06 bits per heavy atom. The molecule has 33 heavy (non-hydrogen) atoms. The lowest BCUT2D eigenvalue weighted by molar-refractivity contribution is -0.153. The number of hydrogen-bond donors (Lipinski definition) is 0. The smallest absolute Gasteiger partial charge is 0.310 e. The minimum atomic E-state index is -0.602. The van der Waals surface area contributed by atoms with Crippen LogP contribution in [0.5, 0.6) is 11.5 Å². The van der Waals surface area contributed by atoms with Crippen LogP contribution in [0.3, 0.4) is 0 Å². The summed E-state index contributed by atoms with van der Waals surface area (Å²) in [6.07, 6.45) is 0.0819. The molecule has 0 unspecified atom stereocenters. The number of ether oxygens (including phenoxy) is 2. The van der Waals surface area contributed by atoms with Crippen LogP contribution in [-0.2, 0) is 22.4 Å². The molecule has 0 atom stereocenters. The highest BCUT2D eigenvalue weighted by Gasteiger charge is 2.18. The molecule has 0 radical (unpaired) electrons. The predicted octanol–water partition coefficient (Wildman–Crippen LogP) is 6.71. The fourth-order valence-corrected chi connectivity index (χ4v) is 3.70. The van der Waals surface area contributed by atoms with Crippen LogP contribution >= 0.6 is 22.6 Å². The van der Waals surface area contributed by atoms with Gasteiger partial charge in [0.15, 0.2) is 0 Å². The van der Waals surface area contributed by atoms with Crippen molar-refractivity contribution >= 4 is 28.6 Å². The van der Waals surface area contributed by atoms with Crippen LogP contribution in [0.2, 0.25) is 0 Å². The van der Waals surface area contributed by atoms with E-state index in [1.807, 2.05) is 28.7 Å². The van der Waals surface area contributed by atoms with Crippen LogP contribution in [-0.4, -0.2) is 11.6 Å². The quantitative estimate of drug-likeness (QED) is 0.248. The molecule has 0 heterocycles. The number of carbonyl (C=O) groups is 1. The Bertz CT molecular complexity index is 1230. The molecule has 0 saturated heterocycles. The van der Waals surface area contributed by atoms with Gasteiger partial charge in [0.1, 0.15) is 34.8 Å². The fraction of sp³-hybridized carbons (Fsp3) is 0.231. The molecule has 0 aliphatic heterocycles. The van der Waals surface area contributed by atoms with Crippen LogP contribution in [0.1, 0.15) is 43.0 Å². The number of rotatable bonds is 6. The topological polar surface area (TPSA) is 59.3 Å². The Balaban J connectivity index is 1.87. The molecule has 0 aliphatic rings. The first kappa shape index (κ1) is 24.6. The third-order valence-corrected chi connectivity index (χ3v) is 5.22. The number of carbonyl (C=O) groups excluding carboxylic acids is 1. The normalized spacial score (nSPS) is 11.1. The summed E-state index contributed by atoms with van der Waals surface area (Å²) in [5.41, 5.74) is 0.839. The monoisotopic (exact) mass is 561 g/mol. The summed E-state index contributed by atoms with van der Waals surface area (Å²) in [4.78, 5) is 12.1. The molecule has 0 aliphatic carbocycles. The maximum atomic E-state index is 14.4. The number of halogens is 3. The van der Waals surface area contributed by atoms with Crippen LogP contribution in [0.15, 0.2) is 54.6 Å². The average Bonchev–Trinajstić information content (AvgIpc) is 2.69. The summed E-state index contributed by atoms with van der Waals surface area (Å²) < 4.78 is 40.6. The van der Waals surface area contributed by atoms with Crippen LogP contribution < -0.4 is 4.74 Å². The summed E-state index contributed by atoms with van der Waals surface area (Å²) in [6, 6.07) is 15.8. The van der Waals surface area contributed by atoms with Crippen molar-refractivity contribution in [3.8, 4) is 17.6 Å². The fourth-order valence-electron chi connectivity index (χ4n) is 3.24. The maximum Gasteiger partial charge on any atom is 0.310 e. The van der Waals surface area contributed by atoms with Crippen molar-refractivity contribution in [2.75, 3.05) is 0 Å². The van der Waals surface area contributed by atoms with Crippen molar-refractivity contribution in [3.63, 3.8) is 0 Å². The van der Waals surface area contributed by atoms with E-state index in [0.29, 0.717) is 22.4 Å². The Morgan fingerprint density at radius 2 is 1.82 bits per heavy atom. The van der Waals surface area contributed by atoms with Crippen LogP contribution in [0.4, 0.5) is 8.78 Å². The van der Waals surface area contributed by atoms with Crippen molar-refractivity contribution in [3.05, 3.63) is 92.1 Å². The number of hydrogen-bond acceptors (Lipinski definition) is 4. The molecule has 0 aromatic heterocycles. The van der Waals surface area contributed by atoms with Crippen molar-refractivity contribution in [2.24, 2.45) is 0 Å². The molecule has 0 amide bonds. The minimum absolute atomic E-state index is 0.0211.